The minimum absolute atomic E-state index is 0.120. The molecule has 0 spiro atoms. The van der Waals surface area contributed by atoms with Crippen LogP contribution in [0.3, 0.4) is 0 Å². The van der Waals surface area contributed by atoms with E-state index >= 15 is 0 Å². The second-order valence-corrected chi connectivity index (χ2v) is 6.52. The Bertz CT molecular complexity index is 504. The molecular formula is C13H19N3O2S. The molecule has 0 atom stereocenters. The van der Waals surface area contributed by atoms with Gasteiger partial charge in [0.1, 0.15) is 5.41 Å². The van der Waals surface area contributed by atoms with Crippen LogP contribution in [0.1, 0.15) is 37.5 Å². The average Bonchev–Trinajstić information content (AvgIpc) is 3.02. The minimum atomic E-state index is -0.854. The Morgan fingerprint density at radius 3 is 2.47 bits per heavy atom. The number of nitrogens with zero attached hydrogens (tertiary/aromatic N) is 2. The number of rotatable bonds is 4. The maximum Gasteiger partial charge on any atom is 0.241 e. The van der Waals surface area contributed by atoms with Gasteiger partial charge in [-0.3, -0.25) is 9.59 Å². The Morgan fingerprint density at radius 2 is 2.05 bits per heavy atom. The molecule has 19 heavy (non-hydrogen) atoms. The van der Waals surface area contributed by atoms with Crippen molar-refractivity contribution in [1.29, 1.82) is 0 Å². The van der Waals surface area contributed by atoms with Crippen LogP contribution < -0.4 is 5.32 Å². The van der Waals surface area contributed by atoms with Gasteiger partial charge in [-0.25, -0.2) is 4.98 Å². The van der Waals surface area contributed by atoms with Gasteiger partial charge in [-0.2, -0.15) is 0 Å². The van der Waals surface area contributed by atoms with Gasteiger partial charge < -0.3 is 10.2 Å². The van der Waals surface area contributed by atoms with Crippen LogP contribution in [-0.2, 0) is 9.59 Å². The Labute approximate surface area is 117 Å². The summed E-state index contributed by atoms with van der Waals surface area (Å²) in [5.41, 5.74) is -0.854. The first-order valence-electron chi connectivity index (χ1n) is 6.36. The van der Waals surface area contributed by atoms with E-state index in [4.69, 9.17) is 0 Å². The normalized spacial score (nSPS) is 16.3. The fourth-order valence-corrected chi connectivity index (χ4v) is 2.73. The SMILES string of the molecule is CC(C)c1cnc(NC(=O)C2(C(=O)N(C)C)CC2)s1. The largest absolute Gasteiger partial charge is 0.348 e. The van der Waals surface area contributed by atoms with Crippen LogP contribution in [0.4, 0.5) is 5.13 Å². The molecule has 1 N–H and O–H groups in total. The maximum absolute atomic E-state index is 12.2. The standard InChI is InChI=1S/C13H19N3O2S/c1-8(2)9-7-14-12(19-9)15-10(17)13(5-6-13)11(18)16(3)4/h7-8H,5-6H2,1-4H3,(H,14,15,17). The van der Waals surface area contributed by atoms with Crippen molar-refractivity contribution in [3.63, 3.8) is 0 Å². The number of anilines is 1. The van der Waals surface area contributed by atoms with E-state index in [1.54, 1.807) is 20.3 Å². The summed E-state index contributed by atoms with van der Waals surface area (Å²) in [4.78, 5) is 31.0. The smallest absolute Gasteiger partial charge is 0.241 e. The molecule has 5 nitrogen and oxygen atoms in total. The first kappa shape index (κ1) is 14.0. The van der Waals surface area contributed by atoms with Crippen LogP contribution in [0, 0.1) is 5.41 Å². The van der Waals surface area contributed by atoms with E-state index in [1.807, 2.05) is 0 Å². The lowest BCUT2D eigenvalue weighted by molar-refractivity contribution is -0.140. The minimum Gasteiger partial charge on any atom is -0.348 e. The van der Waals surface area contributed by atoms with Crippen molar-refractivity contribution in [1.82, 2.24) is 9.88 Å². The summed E-state index contributed by atoms with van der Waals surface area (Å²) in [5.74, 6) is 0.0444. The Morgan fingerprint density at radius 1 is 1.42 bits per heavy atom. The predicted octanol–water partition coefficient (Wildman–Crippen LogP) is 2.07. The summed E-state index contributed by atoms with van der Waals surface area (Å²) in [5, 5.41) is 3.35. The summed E-state index contributed by atoms with van der Waals surface area (Å²) in [7, 11) is 3.35. The molecule has 1 fully saturated rings. The van der Waals surface area contributed by atoms with E-state index in [9.17, 15) is 9.59 Å². The number of amides is 2. The van der Waals surface area contributed by atoms with Gasteiger partial charge in [0, 0.05) is 25.2 Å². The van der Waals surface area contributed by atoms with E-state index in [1.165, 1.54) is 16.2 Å². The average molecular weight is 281 g/mol. The van der Waals surface area contributed by atoms with E-state index < -0.39 is 5.41 Å². The van der Waals surface area contributed by atoms with Crippen LogP contribution in [0.15, 0.2) is 6.20 Å². The molecule has 0 aromatic carbocycles. The van der Waals surface area contributed by atoms with Crippen LogP contribution in [0.5, 0.6) is 0 Å². The molecule has 1 aromatic rings. The molecule has 1 aliphatic rings. The topological polar surface area (TPSA) is 62.3 Å². The van der Waals surface area contributed by atoms with E-state index in [0.29, 0.717) is 23.9 Å². The van der Waals surface area contributed by atoms with Crippen LogP contribution in [0.2, 0.25) is 0 Å². The molecule has 1 saturated carbocycles. The van der Waals surface area contributed by atoms with Gasteiger partial charge in [-0.05, 0) is 18.8 Å². The van der Waals surface area contributed by atoms with Gasteiger partial charge in [0.15, 0.2) is 5.13 Å². The molecule has 0 aliphatic heterocycles. The summed E-state index contributed by atoms with van der Waals surface area (Å²) in [6.45, 7) is 4.16. The van der Waals surface area contributed by atoms with Crippen molar-refractivity contribution in [2.45, 2.75) is 32.6 Å². The van der Waals surface area contributed by atoms with Crippen LogP contribution in [-0.4, -0.2) is 35.8 Å². The lowest BCUT2D eigenvalue weighted by Gasteiger charge is -2.18. The lowest BCUT2D eigenvalue weighted by Crippen LogP contribution is -2.39. The highest BCUT2D eigenvalue weighted by Gasteiger charge is 2.57. The van der Waals surface area contributed by atoms with Crippen LogP contribution >= 0.6 is 11.3 Å². The number of aromatic nitrogens is 1. The number of carbonyl (C=O) groups is 2. The predicted molar refractivity (Wildman–Crippen MR) is 75.2 cm³/mol. The fourth-order valence-electron chi connectivity index (χ4n) is 1.92. The molecule has 6 heteroatoms. The number of carbonyl (C=O) groups excluding carboxylic acids is 2. The highest BCUT2D eigenvalue weighted by atomic mass is 32.1. The Hall–Kier alpha value is -1.43. The monoisotopic (exact) mass is 281 g/mol. The van der Waals surface area contributed by atoms with Gasteiger partial charge in [0.05, 0.1) is 0 Å². The molecule has 1 heterocycles. The van der Waals surface area contributed by atoms with Crippen molar-refractivity contribution < 1.29 is 9.59 Å². The molecule has 1 aliphatic carbocycles. The molecule has 0 unspecified atom stereocenters. The summed E-state index contributed by atoms with van der Waals surface area (Å²) >= 11 is 1.47. The number of nitrogens with one attached hydrogen (secondary N) is 1. The van der Waals surface area contributed by atoms with Crippen molar-refractivity contribution >= 4 is 28.3 Å². The molecule has 2 amide bonds. The summed E-state index contributed by atoms with van der Waals surface area (Å²) < 4.78 is 0. The molecule has 0 bridgehead atoms. The highest BCUT2D eigenvalue weighted by Crippen LogP contribution is 2.48. The van der Waals surface area contributed by atoms with E-state index in [0.717, 1.165) is 4.88 Å². The molecule has 1 aromatic heterocycles. The second kappa shape index (κ2) is 4.92. The Kier molecular flexibility index (Phi) is 3.62. The third-order valence-corrected chi connectivity index (χ3v) is 4.53. The summed E-state index contributed by atoms with van der Waals surface area (Å²) in [6.07, 6.45) is 3.02. The zero-order valence-corrected chi connectivity index (χ0v) is 12.5. The molecule has 2 rings (SSSR count). The fraction of sp³-hybridized carbons (Fsp3) is 0.615. The van der Waals surface area contributed by atoms with Crippen LogP contribution in [0.25, 0.3) is 0 Å². The van der Waals surface area contributed by atoms with Crippen molar-refractivity contribution in [3.05, 3.63) is 11.1 Å². The number of hydrogen-bond acceptors (Lipinski definition) is 4. The first-order valence-corrected chi connectivity index (χ1v) is 7.17. The van der Waals surface area contributed by atoms with Gasteiger partial charge in [0.25, 0.3) is 0 Å². The maximum atomic E-state index is 12.2. The summed E-state index contributed by atoms with van der Waals surface area (Å²) in [6, 6.07) is 0. The van der Waals surface area contributed by atoms with E-state index in [-0.39, 0.29) is 11.8 Å². The van der Waals surface area contributed by atoms with E-state index in [2.05, 4.69) is 24.1 Å². The lowest BCUT2D eigenvalue weighted by atomic mass is 10.1. The zero-order valence-electron chi connectivity index (χ0n) is 11.7. The third-order valence-electron chi connectivity index (χ3n) is 3.31. The zero-order chi connectivity index (χ0) is 14.2. The highest BCUT2D eigenvalue weighted by molar-refractivity contribution is 7.15. The molecule has 0 radical (unpaired) electrons. The number of thiazole rings is 1. The molecule has 104 valence electrons. The van der Waals surface area contributed by atoms with Gasteiger partial charge in [0.2, 0.25) is 11.8 Å². The van der Waals surface area contributed by atoms with Gasteiger partial charge in [-0.15, -0.1) is 11.3 Å². The first-order chi connectivity index (χ1) is 8.86. The Balaban J connectivity index is 2.07. The number of hydrogen-bond donors (Lipinski definition) is 1. The second-order valence-electron chi connectivity index (χ2n) is 5.46. The van der Waals surface area contributed by atoms with Crippen molar-refractivity contribution in [2.24, 2.45) is 5.41 Å². The quantitative estimate of drug-likeness (QED) is 0.859. The van der Waals surface area contributed by atoms with Crippen molar-refractivity contribution in [2.75, 3.05) is 19.4 Å². The van der Waals surface area contributed by atoms with Gasteiger partial charge in [-0.1, -0.05) is 13.8 Å². The third kappa shape index (κ3) is 2.63. The molecule has 0 saturated heterocycles. The van der Waals surface area contributed by atoms with Gasteiger partial charge >= 0.3 is 0 Å². The molecular weight excluding hydrogens is 262 g/mol. The van der Waals surface area contributed by atoms with Crippen molar-refractivity contribution in [3.8, 4) is 0 Å².